The molecule has 0 fully saturated rings. The standard InChI is InChI=1S/C13H20N2O4S/c1-6(5-7(2)16)14-13(19)15-11-10(12(17)18)8(3)9(4)20-11/h6-7,16H,5H2,1-4H3,(H,17,18)(H2,14,15,19). The van der Waals surface area contributed by atoms with Crippen molar-refractivity contribution >= 4 is 28.3 Å². The average Bonchev–Trinajstić information content (AvgIpc) is 2.52. The van der Waals surface area contributed by atoms with Crippen molar-refractivity contribution in [3.8, 4) is 0 Å². The van der Waals surface area contributed by atoms with E-state index >= 15 is 0 Å². The van der Waals surface area contributed by atoms with Crippen LogP contribution in [0.25, 0.3) is 0 Å². The third-order valence-electron chi connectivity index (χ3n) is 2.90. The summed E-state index contributed by atoms with van der Waals surface area (Å²) in [5.74, 6) is -1.06. The number of nitrogens with one attached hydrogen (secondary N) is 2. The number of carboxylic acid groups (broad SMARTS) is 1. The Balaban J connectivity index is 2.76. The summed E-state index contributed by atoms with van der Waals surface area (Å²) in [6.45, 7) is 6.94. The van der Waals surface area contributed by atoms with Crippen LogP contribution in [0.4, 0.5) is 9.80 Å². The van der Waals surface area contributed by atoms with E-state index < -0.39 is 18.1 Å². The Morgan fingerprint density at radius 1 is 1.30 bits per heavy atom. The maximum absolute atomic E-state index is 11.8. The quantitative estimate of drug-likeness (QED) is 0.670. The molecular weight excluding hydrogens is 280 g/mol. The van der Waals surface area contributed by atoms with Gasteiger partial charge < -0.3 is 15.5 Å². The van der Waals surface area contributed by atoms with E-state index in [0.29, 0.717) is 17.0 Å². The fourth-order valence-corrected chi connectivity index (χ4v) is 2.95. The average molecular weight is 300 g/mol. The molecule has 0 radical (unpaired) electrons. The molecule has 0 bridgehead atoms. The maximum atomic E-state index is 11.8. The zero-order valence-electron chi connectivity index (χ0n) is 12.0. The smallest absolute Gasteiger partial charge is 0.338 e. The molecular formula is C13H20N2O4S. The zero-order valence-corrected chi connectivity index (χ0v) is 12.8. The molecule has 0 saturated heterocycles. The highest BCUT2D eigenvalue weighted by Gasteiger charge is 2.20. The van der Waals surface area contributed by atoms with Crippen molar-refractivity contribution in [2.75, 3.05) is 5.32 Å². The van der Waals surface area contributed by atoms with Gasteiger partial charge in [0, 0.05) is 10.9 Å². The number of thiophene rings is 1. The van der Waals surface area contributed by atoms with Crippen molar-refractivity contribution in [2.24, 2.45) is 0 Å². The number of hydrogen-bond acceptors (Lipinski definition) is 4. The van der Waals surface area contributed by atoms with Crippen LogP contribution in [0.5, 0.6) is 0 Å². The Hall–Kier alpha value is -1.60. The van der Waals surface area contributed by atoms with Crippen molar-refractivity contribution in [3.63, 3.8) is 0 Å². The van der Waals surface area contributed by atoms with Gasteiger partial charge in [-0.1, -0.05) is 0 Å². The Kier molecular flexibility index (Phi) is 5.52. The van der Waals surface area contributed by atoms with E-state index in [1.54, 1.807) is 20.8 Å². The van der Waals surface area contributed by atoms with Gasteiger partial charge in [-0.3, -0.25) is 5.32 Å². The lowest BCUT2D eigenvalue weighted by Gasteiger charge is -2.15. The van der Waals surface area contributed by atoms with Gasteiger partial charge >= 0.3 is 12.0 Å². The van der Waals surface area contributed by atoms with Crippen LogP contribution >= 0.6 is 11.3 Å². The second kappa shape index (κ2) is 6.71. The third kappa shape index (κ3) is 4.21. The SMILES string of the molecule is Cc1sc(NC(=O)NC(C)CC(C)O)c(C(=O)O)c1C. The number of aliphatic hydroxyl groups is 1. The molecule has 0 aliphatic carbocycles. The van der Waals surface area contributed by atoms with Gasteiger partial charge in [0.25, 0.3) is 0 Å². The highest BCUT2D eigenvalue weighted by molar-refractivity contribution is 7.16. The summed E-state index contributed by atoms with van der Waals surface area (Å²) >= 11 is 1.24. The number of aromatic carboxylic acids is 1. The lowest BCUT2D eigenvalue weighted by atomic mass is 10.1. The first kappa shape index (κ1) is 16.5. The normalized spacial score (nSPS) is 13.7. The van der Waals surface area contributed by atoms with Crippen molar-refractivity contribution in [1.29, 1.82) is 0 Å². The highest BCUT2D eigenvalue weighted by atomic mass is 32.1. The Morgan fingerprint density at radius 3 is 2.40 bits per heavy atom. The minimum absolute atomic E-state index is 0.130. The van der Waals surface area contributed by atoms with E-state index in [-0.39, 0.29) is 11.6 Å². The molecule has 2 unspecified atom stereocenters. The summed E-state index contributed by atoms with van der Waals surface area (Å²) in [4.78, 5) is 23.9. The molecule has 1 rings (SSSR count). The number of aliphatic hydroxyl groups excluding tert-OH is 1. The van der Waals surface area contributed by atoms with Gasteiger partial charge in [-0.15, -0.1) is 11.3 Å². The number of carbonyl (C=O) groups is 2. The summed E-state index contributed by atoms with van der Waals surface area (Å²) in [6, 6.07) is -0.674. The van der Waals surface area contributed by atoms with E-state index in [1.165, 1.54) is 11.3 Å². The molecule has 2 atom stereocenters. The van der Waals surface area contributed by atoms with Gasteiger partial charge in [-0.2, -0.15) is 0 Å². The minimum atomic E-state index is -1.06. The molecule has 0 saturated carbocycles. The van der Waals surface area contributed by atoms with Crippen molar-refractivity contribution in [3.05, 3.63) is 16.0 Å². The van der Waals surface area contributed by atoms with Gasteiger partial charge in [0.05, 0.1) is 11.7 Å². The van der Waals surface area contributed by atoms with Crippen LogP contribution in [0.1, 0.15) is 41.1 Å². The van der Waals surface area contributed by atoms with Crippen LogP contribution in [-0.4, -0.2) is 34.4 Å². The van der Waals surface area contributed by atoms with Crippen molar-refractivity contribution in [1.82, 2.24) is 5.32 Å². The van der Waals surface area contributed by atoms with E-state index in [2.05, 4.69) is 10.6 Å². The first-order valence-corrected chi connectivity index (χ1v) is 7.12. The second-order valence-corrected chi connectivity index (χ2v) is 6.10. The van der Waals surface area contributed by atoms with Crippen LogP contribution < -0.4 is 10.6 Å². The first-order chi connectivity index (χ1) is 9.22. The molecule has 1 heterocycles. The summed E-state index contributed by atoms with van der Waals surface area (Å²) in [5, 5.41) is 24.0. The lowest BCUT2D eigenvalue weighted by molar-refractivity contribution is 0.0697. The third-order valence-corrected chi connectivity index (χ3v) is 4.02. The number of carbonyl (C=O) groups excluding carboxylic acids is 1. The monoisotopic (exact) mass is 300 g/mol. The number of amides is 2. The summed E-state index contributed by atoms with van der Waals surface area (Å²) in [5.41, 5.74) is 0.792. The zero-order chi connectivity index (χ0) is 15.4. The summed E-state index contributed by atoms with van der Waals surface area (Å²) in [7, 11) is 0. The van der Waals surface area contributed by atoms with Crippen LogP contribution in [0.15, 0.2) is 0 Å². The van der Waals surface area contributed by atoms with Gasteiger partial charge in [0.2, 0.25) is 0 Å². The number of anilines is 1. The number of aryl methyl sites for hydroxylation is 1. The van der Waals surface area contributed by atoms with Gasteiger partial charge in [-0.25, -0.2) is 9.59 Å². The van der Waals surface area contributed by atoms with E-state index in [0.717, 1.165) is 4.88 Å². The maximum Gasteiger partial charge on any atom is 0.338 e. The fraction of sp³-hybridized carbons (Fsp3) is 0.538. The Labute approximate surface area is 121 Å². The molecule has 1 aromatic rings. The number of hydrogen-bond donors (Lipinski definition) is 4. The van der Waals surface area contributed by atoms with Crippen LogP contribution in [0.3, 0.4) is 0 Å². The van der Waals surface area contributed by atoms with Gasteiger partial charge in [0.15, 0.2) is 0 Å². The molecule has 20 heavy (non-hydrogen) atoms. The number of carboxylic acids is 1. The van der Waals surface area contributed by atoms with Crippen LogP contribution in [0.2, 0.25) is 0 Å². The molecule has 0 spiro atoms. The molecule has 7 heteroatoms. The van der Waals surface area contributed by atoms with Crippen molar-refractivity contribution in [2.45, 2.75) is 46.3 Å². The summed E-state index contributed by atoms with van der Waals surface area (Å²) < 4.78 is 0. The molecule has 6 nitrogen and oxygen atoms in total. The topological polar surface area (TPSA) is 98.7 Å². The van der Waals surface area contributed by atoms with E-state index in [1.807, 2.05) is 6.92 Å². The Bertz CT molecular complexity index is 511. The second-order valence-electron chi connectivity index (χ2n) is 4.88. The Morgan fingerprint density at radius 2 is 1.90 bits per heavy atom. The fourth-order valence-electron chi connectivity index (χ4n) is 1.91. The largest absolute Gasteiger partial charge is 0.478 e. The molecule has 4 N–H and O–H groups in total. The number of rotatable bonds is 5. The highest BCUT2D eigenvalue weighted by Crippen LogP contribution is 2.32. The molecule has 1 aromatic heterocycles. The predicted octanol–water partition coefficient (Wildman–Crippen LogP) is 2.34. The summed E-state index contributed by atoms with van der Waals surface area (Å²) in [6.07, 6.45) is -0.0760. The first-order valence-electron chi connectivity index (χ1n) is 6.31. The van der Waals surface area contributed by atoms with E-state index in [9.17, 15) is 19.8 Å². The number of urea groups is 1. The predicted molar refractivity (Wildman–Crippen MR) is 78.7 cm³/mol. The molecule has 0 aliphatic rings. The van der Waals surface area contributed by atoms with E-state index in [4.69, 9.17) is 0 Å². The molecule has 2 amide bonds. The van der Waals surface area contributed by atoms with Crippen molar-refractivity contribution < 1.29 is 19.8 Å². The molecule has 112 valence electrons. The van der Waals surface area contributed by atoms with Gasteiger partial charge in [0.1, 0.15) is 5.00 Å². The van der Waals surface area contributed by atoms with Gasteiger partial charge in [-0.05, 0) is 39.7 Å². The lowest BCUT2D eigenvalue weighted by Crippen LogP contribution is -2.37. The molecule has 0 aliphatic heterocycles. The molecule has 0 aromatic carbocycles. The van der Waals surface area contributed by atoms with Crippen LogP contribution in [0, 0.1) is 13.8 Å². The minimum Gasteiger partial charge on any atom is -0.478 e. The van der Waals surface area contributed by atoms with Crippen LogP contribution in [-0.2, 0) is 0 Å².